The molecular weight excluding hydrogens is 268 g/mol. The number of carbonyl (C=O) groups excluding carboxylic acids is 2. The first-order valence-electron chi connectivity index (χ1n) is 8.27. The Morgan fingerprint density at radius 2 is 1.76 bits per heavy atom. The minimum absolute atomic E-state index is 0.0129. The summed E-state index contributed by atoms with van der Waals surface area (Å²) >= 11 is 0. The molecule has 0 aromatic heterocycles. The number of amides is 2. The number of carbonyl (C=O) groups is 2. The number of piperazine rings is 1. The van der Waals surface area contributed by atoms with Crippen LogP contribution in [0.25, 0.3) is 0 Å². The van der Waals surface area contributed by atoms with Gasteiger partial charge in [-0.1, -0.05) is 34.1 Å². The van der Waals surface area contributed by atoms with E-state index in [9.17, 15) is 9.59 Å². The Morgan fingerprint density at radius 1 is 1.10 bits per heavy atom. The number of hydrogen-bond donors (Lipinski definition) is 1. The minimum atomic E-state index is -0.711. The van der Waals surface area contributed by atoms with Crippen molar-refractivity contribution in [2.75, 3.05) is 19.8 Å². The Morgan fingerprint density at radius 3 is 2.29 bits per heavy atom. The normalized spacial score (nSPS) is 21.5. The van der Waals surface area contributed by atoms with Gasteiger partial charge in [0, 0.05) is 13.2 Å². The van der Waals surface area contributed by atoms with Gasteiger partial charge in [-0.05, 0) is 25.7 Å². The zero-order chi connectivity index (χ0) is 15.9. The highest BCUT2D eigenvalue weighted by atomic mass is 16.5. The molecule has 1 unspecified atom stereocenters. The lowest BCUT2D eigenvalue weighted by molar-refractivity contribution is -0.159. The molecule has 122 valence electrons. The third-order valence-electron chi connectivity index (χ3n) is 4.36. The van der Waals surface area contributed by atoms with Gasteiger partial charge in [-0.15, -0.1) is 0 Å². The largest absolute Gasteiger partial charge is 0.380 e. The number of ether oxygens (including phenoxy) is 1. The van der Waals surface area contributed by atoms with Crippen molar-refractivity contribution in [2.24, 2.45) is 0 Å². The highest BCUT2D eigenvalue weighted by molar-refractivity contribution is 5.99. The second kappa shape index (κ2) is 8.37. The molecule has 2 amide bonds. The van der Waals surface area contributed by atoms with Crippen molar-refractivity contribution in [1.82, 2.24) is 10.2 Å². The standard InChI is InChI=1S/C16H30N2O3/c1-5-9-13-14(19)18(10-12-21-11-6-2)16(7-3,8-4)15(20)17-13/h13H,5-12H2,1-4H3,(H,17,20). The Bertz CT molecular complexity index is 353. The zero-order valence-electron chi connectivity index (χ0n) is 13.9. The van der Waals surface area contributed by atoms with E-state index in [0.29, 0.717) is 39.0 Å². The molecule has 1 heterocycles. The molecule has 1 fully saturated rings. The van der Waals surface area contributed by atoms with Gasteiger partial charge in [0.25, 0.3) is 0 Å². The van der Waals surface area contributed by atoms with Gasteiger partial charge in [0.15, 0.2) is 0 Å². The van der Waals surface area contributed by atoms with Crippen LogP contribution in [0.1, 0.15) is 59.8 Å². The second-order valence-corrected chi connectivity index (χ2v) is 5.66. The SMILES string of the molecule is CCCOCCN1C(=O)C(CCC)NC(=O)C1(CC)CC. The summed E-state index contributed by atoms with van der Waals surface area (Å²) in [6.45, 7) is 9.70. The molecule has 1 saturated heterocycles. The first-order chi connectivity index (χ1) is 10.1. The van der Waals surface area contributed by atoms with Crippen LogP contribution in [0.3, 0.4) is 0 Å². The van der Waals surface area contributed by atoms with E-state index >= 15 is 0 Å². The summed E-state index contributed by atoms with van der Waals surface area (Å²) in [6.07, 6.45) is 3.80. The van der Waals surface area contributed by atoms with Crippen LogP contribution in [0.4, 0.5) is 0 Å². The lowest BCUT2D eigenvalue weighted by atomic mass is 9.85. The van der Waals surface area contributed by atoms with Crippen molar-refractivity contribution in [3.63, 3.8) is 0 Å². The van der Waals surface area contributed by atoms with E-state index in [2.05, 4.69) is 12.2 Å². The molecule has 0 aliphatic carbocycles. The third kappa shape index (κ3) is 3.76. The first kappa shape index (κ1) is 18.0. The Balaban J connectivity index is 2.89. The molecule has 0 spiro atoms. The van der Waals surface area contributed by atoms with Crippen molar-refractivity contribution in [2.45, 2.75) is 71.4 Å². The predicted octanol–water partition coefficient (Wildman–Crippen LogP) is 2.10. The van der Waals surface area contributed by atoms with E-state index in [-0.39, 0.29) is 17.9 Å². The minimum Gasteiger partial charge on any atom is -0.380 e. The van der Waals surface area contributed by atoms with Gasteiger partial charge in [-0.3, -0.25) is 9.59 Å². The summed E-state index contributed by atoms with van der Waals surface area (Å²) in [5, 5.41) is 2.92. The maximum Gasteiger partial charge on any atom is 0.246 e. The lowest BCUT2D eigenvalue weighted by Gasteiger charge is -2.47. The topological polar surface area (TPSA) is 58.6 Å². The molecule has 0 aromatic carbocycles. The van der Waals surface area contributed by atoms with Gasteiger partial charge in [0.05, 0.1) is 6.61 Å². The van der Waals surface area contributed by atoms with Gasteiger partial charge in [0.1, 0.15) is 11.6 Å². The smallest absolute Gasteiger partial charge is 0.246 e. The van der Waals surface area contributed by atoms with E-state index in [1.807, 2.05) is 20.8 Å². The van der Waals surface area contributed by atoms with Crippen molar-refractivity contribution in [1.29, 1.82) is 0 Å². The summed E-state index contributed by atoms with van der Waals surface area (Å²) in [5.74, 6) is 0.0290. The highest BCUT2D eigenvalue weighted by Crippen LogP contribution is 2.29. The molecule has 1 rings (SSSR count). The fourth-order valence-electron chi connectivity index (χ4n) is 3.04. The van der Waals surface area contributed by atoms with Crippen molar-refractivity contribution >= 4 is 11.8 Å². The van der Waals surface area contributed by atoms with E-state index in [4.69, 9.17) is 4.74 Å². The van der Waals surface area contributed by atoms with Crippen molar-refractivity contribution < 1.29 is 14.3 Å². The molecule has 1 aliphatic heterocycles. The summed E-state index contributed by atoms with van der Waals surface area (Å²) in [7, 11) is 0. The molecule has 0 aromatic rings. The number of rotatable bonds is 9. The summed E-state index contributed by atoms with van der Waals surface area (Å²) in [6, 6.07) is -0.375. The van der Waals surface area contributed by atoms with E-state index in [0.717, 1.165) is 12.8 Å². The highest BCUT2D eigenvalue weighted by Gasteiger charge is 2.49. The molecule has 0 radical (unpaired) electrons. The summed E-state index contributed by atoms with van der Waals surface area (Å²) < 4.78 is 5.52. The quantitative estimate of drug-likeness (QED) is 0.663. The van der Waals surface area contributed by atoms with E-state index in [1.165, 1.54) is 0 Å². The molecule has 0 saturated carbocycles. The first-order valence-corrected chi connectivity index (χ1v) is 8.27. The van der Waals surface area contributed by atoms with Gasteiger partial charge in [0.2, 0.25) is 11.8 Å². The average Bonchev–Trinajstić information content (AvgIpc) is 2.49. The third-order valence-corrected chi connectivity index (χ3v) is 4.36. The molecule has 1 atom stereocenters. The fraction of sp³-hybridized carbons (Fsp3) is 0.875. The van der Waals surface area contributed by atoms with Gasteiger partial charge in [-0.2, -0.15) is 0 Å². The monoisotopic (exact) mass is 298 g/mol. The Hall–Kier alpha value is -1.10. The average molecular weight is 298 g/mol. The Kier molecular flexibility index (Phi) is 7.15. The van der Waals surface area contributed by atoms with Crippen LogP contribution in [0.2, 0.25) is 0 Å². The van der Waals surface area contributed by atoms with Crippen LogP contribution in [0.15, 0.2) is 0 Å². The maximum absolute atomic E-state index is 12.7. The lowest BCUT2D eigenvalue weighted by Crippen LogP contribution is -2.70. The molecular formula is C16H30N2O3. The van der Waals surface area contributed by atoms with E-state index in [1.54, 1.807) is 4.90 Å². The van der Waals surface area contributed by atoms with Crippen LogP contribution in [-0.2, 0) is 14.3 Å². The molecule has 1 N–H and O–H groups in total. The van der Waals surface area contributed by atoms with Crippen LogP contribution in [-0.4, -0.2) is 48.1 Å². The zero-order valence-corrected chi connectivity index (χ0v) is 13.9. The fourth-order valence-corrected chi connectivity index (χ4v) is 3.04. The van der Waals surface area contributed by atoms with Gasteiger partial charge >= 0.3 is 0 Å². The predicted molar refractivity (Wildman–Crippen MR) is 83.0 cm³/mol. The second-order valence-electron chi connectivity index (χ2n) is 5.66. The number of nitrogens with zero attached hydrogens (tertiary/aromatic N) is 1. The van der Waals surface area contributed by atoms with Crippen LogP contribution in [0.5, 0.6) is 0 Å². The van der Waals surface area contributed by atoms with Gasteiger partial charge < -0.3 is 15.0 Å². The molecule has 0 bridgehead atoms. The molecule has 5 nitrogen and oxygen atoms in total. The molecule has 5 heteroatoms. The van der Waals surface area contributed by atoms with E-state index < -0.39 is 5.54 Å². The van der Waals surface area contributed by atoms with Crippen LogP contribution >= 0.6 is 0 Å². The van der Waals surface area contributed by atoms with Crippen molar-refractivity contribution in [3.05, 3.63) is 0 Å². The van der Waals surface area contributed by atoms with Crippen LogP contribution < -0.4 is 5.32 Å². The molecule has 1 aliphatic rings. The van der Waals surface area contributed by atoms with Gasteiger partial charge in [-0.25, -0.2) is 0 Å². The maximum atomic E-state index is 12.7. The summed E-state index contributed by atoms with van der Waals surface area (Å²) in [4.78, 5) is 27.0. The number of hydrogen-bond acceptors (Lipinski definition) is 3. The number of nitrogens with one attached hydrogen (secondary N) is 1. The van der Waals surface area contributed by atoms with Crippen LogP contribution in [0, 0.1) is 0 Å². The Labute approximate surface area is 128 Å². The molecule has 21 heavy (non-hydrogen) atoms. The van der Waals surface area contributed by atoms with Crippen molar-refractivity contribution in [3.8, 4) is 0 Å². The summed E-state index contributed by atoms with van der Waals surface area (Å²) in [5.41, 5.74) is -0.711.